The normalized spacial score (nSPS) is 8.67. The van der Waals surface area contributed by atoms with Crippen LogP contribution in [0.4, 0.5) is 0 Å². The van der Waals surface area contributed by atoms with Crippen LogP contribution in [-0.4, -0.2) is 11.8 Å². The fraction of sp³-hybridized carbons (Fsp3) is 0.667. The fourth-order valence-corrected chi connectivity index (χ4v) is 0.297. The van der Waals surface area contributed by atoms with Gasteiger partial charge >= 0.3 is 0 Å². The van der Waals surface area contributed by atoms with Gasteiger partial charge in [0.1, 0.15) is 0 Å². The minimum absolute atomic E-state index is 0.311. The molecule has 3 nitrogen and oxygen atoms in total. The quantitative estimate of drug-likeness (QED) is 0.542. The van der Waals surface area contributed by atoms with Gasteiger partial charge in [0.15, 0.2) is 0 Å². The second-order valence-corrected chi connectivity index (χ2v) is 1.61. The predicted octanol–water partition coefficient (Wildman–Crippen LogP) is 0.464. The van der Waals surface area contributed by atoms with Crippen LogP contribution in [0.5, 0.6) is 0 Å². The number of carbonyl (C=O) groups excluding carboxylic acids is 2. The lowest BCUT2D eigenvalue weighted by Gasteiger charge is -1.92. The number of hydrogen-bond acceptors (Lipinski definition) is 2. The molecule has 0 atom stereocenters. The van der Waals surface area contributed by atoms with Gasteiger partial charge in [-0.25, -0.2) is 0 Å². The van der Waals surface area contributed by atoms with Gasteiger partial charge in [-0.1, -0.05) is 13.8 Å². The molecule has 0 aliphatic heterocycles. The highest BCUT2D eigenvalue weighted by atomic mass is 16.2. The van der Waals surface area contributed by atoms with Crippen LogP contribution in [0.2, 0.25) is 0 Å². The predicted molar refractivity (Wildman–Crippen MR) is 32.7 cm³/mol. The van der Waals surface area contributed by atoms with Gasteiger partial charge in [0.25, 0.3) is 0 Å². The second kappa shape index (κ2) is 4.06. The Kier molecular flexibility index (Phi) is 3.67. The molecule has 0 N–H and O–H groups in total. The van der Waals surface area contributed by atoms with Gasteiger partial charge in [-0.05, 0) is 0 Å². The van der Waals surface area contributed by atoms with Gasteiger partial charge < -0.3 is 0 Å². The zero-order valence-electron chi connectivity index (χ0n) is 5.68. The molecule has 51 valence electrons. The maximum absolute atomic E-state index is 10.4. The molecular weight excluding hydrogens is 118 g/mol. The molecule has 0 spiro atoms. The summed E-state index contributed by atoms with van der Waals surface area (Å²) in [5.41, 5.74) is 0. The van der Waals surface area contributed by atoms with Gasteiger partial charge in [0.2, 0.25) is 11.8 Å². The summed E-state index contributed by atoms with van der Waals surface area (Å²) in [6.45, 7) is 3.35. The van der Waals surface area contributed by atoms with E-state index in [1.54, 1.807) is 13.8 Å². The third kappa shape index (κ3) is 3.70. The van der Waals surface area contributed by atoms with Crippen molar-refractivity contribution in [3.63, 3.8) is 0 Å². The van der Waals surface area contributed by atoms with E-state index in [2.05, 4.69) is 5.32 Å². The van der Waals surface area contributed by atoms with Crippen molar-refractivity contribution in [2.24, 2.45) is 0 Å². The van der Waals surface area contributed by atoms with Crippen LogP contribution in [0.25, 0.3) is 0 Å². The summed E-state index contributed by atoms with van der Waals surface area (Å²) < 4.78 is 0. The Morgan fingerprint density at radius 2 is 1.44 bits per heavy atom. The minimum Gasteiger partial charge on any atom is -0.273 e. The van der Waals surface area contributed by atoms with Crippen molar-refractivity contribution < 1.29 is 9.59 Å². The number of amides is 2. The lowest BCUT2D eigenvalue weighted by Crippen LogP contribution is -2.20. The molecule has 0 aliphatic carbocycles. The third-order valence-electron chi connectivity index (χ3n) is 0.854. The zero-order valence-corrected chi connectivity index (χ0v) is 5.68. The first-order chi connectivity index (χ1) is 4.20. The number of nitrogens with zero attached hydrogens (tertiary/aromatic N) is 1. The Balaban J connectivity index is 3.47. The summed E-state index contributed by atoms with van der Waals surface area (Å²) >= 11 is 0. The third-order valence-corrected chi connectivity index (χ3v) is 0.854. The highest BCUT2D eigenvalue weighted by Crippen LogP contribution is 1.81. The van der Waals surface area contributed by atoms with Gasteiger partial charge in [-0.3, -0.25) is 9.59 Å². The monoisotopic (exact) mass is 128 g/mol. The van der Waals surface area contributed by atoms with E-state index >= 15 is 0 Å². The molecular formula is C6H10NO2. The molecule has 0 saturated heterocycles. The molecule has 2 amide bonds. The van der Waals surface area contributed by atoms with E-state index in [1.807, 2.05) is 0 Å². The molecule has 0 rings (SSSR count). The highest BCUT2D eigenvalue weighted by Gasteiger charge is 2.03. The summed E-state index contributed by atoms with van der Waals surface area (Å²) in [6.07, 6.45) is 0.622. The standard InChI is InChI=1S/C6H10NO2/c1-3-5(8)7-6(9)4-2/h3-4H2,1-2H3. The molecule has 9 heavy (non-hydrogen) atoms. The summed E-state index contributed by atoms with van der Waals surface area (Å²) in [7, 11) is 0. The van der Waals surface area contributed by atoms with Crippen molar-refractivity contribution in [2.45, 2.75) is 26.7 Å². The van der Waals surface area contributed by atoms with Gasteiger partial charge in [0.05, 0.1) is 0 Å². The molecule has 1 radical (unpaired) electrons. The molecule has 3 heteroatoms. The number of carbonyl (C=O) groups is 2. The van der Waals surface area contributed by atoms with Crippen LogP contribution < -0.4 is 5.32 Å². The summed E-state index contributed by atoms with van der Waals surface area (Å²) in [5, 5.41) is 3.24. The molecule has 0 aromatic rings. The van der Waals surface area contributed by atoms with Crippen LogP contribution in [0.3, 0.4) is 0 Å². The van der Waals surface area contributed by atoms with E-state index in [0.29, 0.717) is 12.8 Å². The van der Waals surface area contributed by atoms with Crippen molar-refractivity contribution in [1.82, 2.24) is 5.32 Å². The molecule has 0 aromatic carbocycles. The van der Waals surface area contributed by atoms with E-state index in [9.17, 15) is 9.59 Å². The van der Waals surface area contributed by atoms with Gasteiger partial charge in [-0.15, -0.1) is 0 Å². The number of rotatable bonds is 2. The Morgan fingerprint density at radius 1 is 1.11 bits per heavy atom. The van der Waals surface area contributed by atoms with Crippen molar-refractivity contribution in [3.8, 4) is 0 Å². The highest BCUT2D eigenvalue weighted by molar-refractivity contribution is 5.94. The number of hydrogen-bond donors (Lipinski definition) is 0. The molecule has 0 bridgehead atoms. The lowest BCUT2D eigenvalue weighted by molar-refractivity contribution is -0.130. The van der Waals surface area contributed by atoms with Crippen LogP contribution in [-0.2, 0) is 9.59 Å². The first-order valence-electron chi connectivity index (χ1n) is 2.98. The first-order valence-corrected chi connectivity index (χ1v) is 2.98. The molecule has 0 unspecified atom stereocenters. The summed E-state index contributed by atoms with van der Waals surface area (Å²) in [5.74, 6) is -0.663. The van der Waals surface area contributed by atoms with Gasteiger partial charge in [0, 0.05) is 12.8 Å². The van der Waals surface area contributed by atoms with Crippen LogP contribution >= 0.6 is 0 Å². The second-order valence-electron chi connectivity index (χ2n) is 1.61. The maximum Gasteiger partial charge on any atom is 0.248 e. The summed E-state index contributed by atoms with van der Waals surface area (Å²) in [4.78, 5) is 20.8. The van der Waals surface area contributed by atoms with E-state index in [0.717, 1.165) is 0 Å². The van der Waals surface area contributed by atoms with Crippen LogP contribution in [0.1, 0.15) is 26.7 Å². The summed E-state index contributed by atoms with van der Waals surface area (Å²) in [6, 6.07) is 0. The zero-order chi connectivity index (χ0) is 7.28. The Hall–Kier alpha value is -0.860. The molecule has 0 aliphatic rings. The van der Waals surface area contributed by atoms with E-state index < -0.39 is 0 Å². The molecule has 0 fully saturated rings. The van der Waals surface area contributed by atoms with E-state index in [-0.39, 0.29) is 11.8 Å². The fourth-order valence-electron chi connectivity index (χ4n) is 0.297. The van der Waals surface area contributed by atoms with E-state index in [4.69, 9.17) is 0 Å². The van der Waals surface area contributed by atoms with Crippen LogP contribution in [0.15, 0.2) is 0 Å². The lowest BCUT2D eigenvalue weighted by atomic mass is 10.4. The van der Waals surface area contributed by atoms with Crippen molar-refractivity contribution in [1.29, 1.82) is 0 Å². The smallest absolute Gasteiger partial charge is 0.248 e. The molecule has 0 heterocycles. The first kappa shape index (κ1) is 8.14. The average Bonchev–Trinajstić information content (AvgIpc) is 1.87. The topological polar surface area (TPSA) is 48.2 Å². The van der Waals surface area contributed by atoms with E-state index in [1.165, 1.54) is 0 Å². The van der Waals surface area contributed by atoms with Crippen molar-refractivity contribution in [3.05, 3.63) is 0 Å². The van der Waals surface area contributed by atoms with Gasteiger partial charge in [-0.2, -0.15) is 5.32 Å². The molecule has 0 aromatic heterocycles. The SMILES string of the molecule is CCC(=O)[N]C(=O)CC. The van der Waals surface area contributed by atoms with Crippen molar-refractivity contribution >= 4 is 11.8 Å². The Bertz CT molecular complexity index is 106. The Morgan fingerprint density at radius 3 is 1.67 bits per heavy atom. The largest absolute Gasteiger partial charge is 0.273 e. The minimum atomic E-state index is -0.332. The molecule has 0 saturated carbocycles. The van der Waals surface area contributed by atoms with Crippen LogP contribution in [0, 0.1) is 0 Å². The Labute approximate surface area is 54.4 Å². The number of imide groups is 1. The average molecular weight is 128 g/mol. The van der Waals surface area contributed by atoms with Crippen molar-refractivity contribution in [2.75, 3.05) is 0 Å². The maximum atomic E-state index is 10.4.